The summed E-state index contributed by atoms with van der Waals surface area (Å²) in [5.74, 6) is 0. The third-order valence-corrected chi connectivity index (χ3v) is 1.71. The van der Waals surface area contributed by atoms with Crippen LogP contribution in [0.4, 0.5) is 0 Å². The molecule has 3 heteroatoms. The van der Waals surface area contributed by atoms with Gasteiger partial charge in [-0.15, -0.1) is 0 Å². The summed E-state index contributed by atoms with van der Waals surface area (Å²) in [4.78, 5) is 9.60. The largest absolute Gasteiger partial charge is 0.462 e. The van der Waals surface area contributed by atoms with Gasteiger partial charge in [0.1, 0.15) is 5.60 Å². The highest BCUT2D eigenvalue weighted by Crippen LogP contribution is 2.04. The van der Waals surface area contributed by atoms with Crippen molar-refractivity contribution < 1.29 is 9.53 Å². The summed E-state index contributed by atoms with van der Waals surface area (Å²) in [6, 6.07) is 0. The molecule has 1 saturated heterocycles. The Hall–Kier alpha value is -0.830. The molecule has 82 valence electrons. The molecule has 0 atom stereocenters. The molecule has 0 unspecified atom stereocenters. The lowest BCUT2D eigenvalue weighted by Crippen LogP contribution is -2.22. The molecule has 0 bridgehead atoms. The van der Waals surface area contributed by atoms with Crippen molar-refractivity contribution in [2.75, 3.05) is 13.1 Å². The molecule has 0 aromatic carbocycles. The molecule has 0 saturated carbocycles. The van der Waals surface area contributed by atoms with Gasteiger partial charge < -0.3 is 10.1 Å². The summed E-state index contributed by atoms with van der Waals surface area (Å²) in [5, 5.41) is 3.25. The normalized spacial score (nSPS) is 16.6. The molecule has 1 heterocycles. The summed E-state index contributed by atoms with van der Waals surface area (Å²) in [6.45, 7) is 12.1. The van der Waals surface area contributed by atoms with Crippen LogP contribution in [0.5, 0.6) is 0 Å². The quantitative estimate of drug-likeness (QED) is 0.517. The molecular formula is C11H21NO2. The van der Waals surface area contributed by atoms with Crippen LogP contribution in [0.3, 0.4) is 0 Å². The van der Waals surface area contributed by atoms with Gasteiger partial charge in [-0.3, -0.25) is 4.79 Å². The lowest BCUT2D eigenvalue weighted by Gasteiger charge is -2.14. The standard InChI is InChI=1S/C6H11N.C5H10O2/c1-6-2-4-7-5-3-6;1-5(2,3)7-4-6/h7H,1-5H2;4H,1-3H3. The zero-order valence-corrected chi connectivity index (χ0v) is 9.43. The second-order valence-corrected chi connectivity index (χ2v) is 4.33. The molecule has 0 spiro atoms. The van der Waals surface area contributed by atoms with Crippen molar-refractivity contribution in [2.45, 2.75) is 39.2 Å². The Morgan fingerprint density at radius 2 is 1.86 bits per heavy atom. The van der Waals surface area contributed by atoms with E-state index < -0.39 is 0 Å². The van der Waals surface area contributed by atoms with Crippen molar-refractivity contribution in [3.05, 3.63) is 12.2 Å². The van der Waals surface area contributed by atoms with E-state index in [-0.39, 0.29) is 5.60 Å². The van der Waals surface area contributed by atoms with E-state index in [1.807, 2.05) is 20.8 Å². The maximum Gasteiger partial charge on any atom is 0.293 e. The highest BCUT2D eigenvalue weighted by Gasteiger charge is 2.07. The highest BCUT2D eigenvalue weighted by molar-refractivity contribution is 5.37. The van der Waals surface area contributed by atoms with Gasteiger partial charge in [-0.05, 0) is 46.7 Å². The molecule has 1 fully saturated rings. The number of ether oxygens (including phenoxy) is 1. The van der Waals surface area contributed by atoms with Gasteiger partial charge >= 0.3 is 0 Å². The molecule has 0 aromatic heterocycles. The Morgan fingerprint density at radius 3 is 2.00 bits per heavy atom. The van der Waals surface area contributed by atoms with Gasteiger partial charge in [0.05, 0.1) is 0 Å². The maximum absolute atomic E-state index is 9.60. The fourth-order valence-corrected chi connectivity index (χ4v) is 0.925. The van der Waals surface area contributed by atoms with E-state index in [0.29, 0.717) is 6.47 Å². The van der Waals surface area contributed by atoms with Crippen LogP contribution in [0, 0.1) is 0 Å². The van der Waals surface area contributed by atoms with Crippen molar-refractivity contribution in [3.63, 3.8) is 0 Å². The average molecular weight is 199 g/mol. The summed E-state index contributed by atoms with van der Waals surface area (Å²) in [6.07, 6.45) is 2.36. The average Bonchev–Trinajstić information content (AvgIpc) is 2.04. The number of rotatable bonds is 1. The number of piperidine rings is 1. The molecular weight excluding hydrogens is 178 g/mol. The lowest BCUT2D eigenvalue weighted by molar-refractivity contribution is -0.138. The number of nitrogens with one attached hydrogen (secondary N) is 1. The molecule has 1 N–H and O–H groups in total. The van der Waals surface area contributed by atoms with E-state index in [0.717, 1.165) is 13.1 Å². The van der Waals surface area contributed by atoms with Crippen LogP contribution in [0.2, 0.25) is 0 Å². The van der Waals surface area contributed by atoms with E-state index in [1.165, 1.54) is 18.4 Å². The lowest BCUT2D eigenvalue weighted by atomic mass is 10.1. The van der Waals surface area contributed by atoms with E-state index in [1.54, 1.807) is 0 Å². The fourth-order valence-electron chi connectivity index (χ4n) is 0.925. The van der Waals surface area contributed by atoms with Crippen molar-refractivity contribution in [1.29, 1.82) is 0 Å². The zero-order valence-electron chi connectivity index (χ0n) is 9.43. The molecule has 3 nitrogen and oxygen atoms in total. The summed E-state index contributed by atoms with van der Waals surface area (Å²) in [5.41, 5.74) is 1.08. The first-order chi connectivity index (χ1) is 6.45. The van der Waals surface area contributed by atoms with Crippen LogP contribution < -0.4 is 5.32 Å². The molecule has 14 heavy (non-hydrogen) atoms. The third-order valence-electron chi connectivity index (χ3n) is 1.71. The summed E-state index contributed by atoms with van der Waals surface area (Å²) >= 11 is 0. The maximum atomic E-state index is 9.60. The molecule has 1 aliphatic heterocycles. The van der Waals surface area contributed by atoms with Gasteiger partial charge in [0.25, 0.3) is 6.47 Å². The summed E-state index contributed by atoms with van der Waals surface area (Å²) in [7, 11) is 0. The van der Waals surface area contributed by atoms with Crippen LogP contribution in [0.25, 0.3) is 0 Å². The van der Waals surface area contributed by atoms with E-state index in [4.69, 9.17) is 0 Å². The predicted molar refractivity (Wildman–Crippen MR) is 58.1 cm³/mol. The topological polar surface area (TPSA) is 38.3 Å². The second-order valence-electron chi connectivity index (χ2n) is 4.33. The molecule has 1 rings (SSSR count). The van der Waals surface area contributed by atoms with Crippen LogP contribution in [0.15, 0.2) is 12.2 Å². The minimum atomic E-state index is -0.318. The molecule has 0 aliphatic carbocycles. The first-order valence-corrected chi connectivity index (χ1v) is 4.94. The Balaban J connectivity index is 0.000000241. The van der Waals surface area contributed by atoms with Crippen molar-refractivity contribution in [2.24, 2.45) is 0 Å². The van der Waals surface area contributed by atoms with Gasteiger partial charge in [0, 0.05) is 0 Å². The van der Waals surface area contributed by atoms with E-state index >= 15 is 0 Å². The van der Waals surface area contributed by atoms with Crippen molar-refractivity contribution in [3.8, 4) is 0 Å². The molecule has 0 aromatic rings. The number of hydrogen-bond acceptors (Lipinski definition) is 3. The third kappa shape index (κ3) is 9.26. The Labute approximate surface area is 86.5 Å². The predicted octanol–water partition coefficient (Wildman–Crippen LogP) is 1.88. The SMILES string of the molecule is C=C1CCNCC1.CC(C)(C)OC=O. The minimum Gasteiger partial charge on any atom is -0.462 e. The van der Waals surface area contributed by atoms with Crippen molar-refractivity contribution >= 4 is 6.47 Å². The first-order valence-electron chi connectivity index (χ1n) is 4.94. The van der Waals surface area contributed by atoms with Crippen LogP contribution in [-0.4, -0.2) is 25.2 Å². The number of carbonyl (C=O) groups excluding carboxylic acids is 1. The Bertz CT molecular complexity index is 174. The summed E-state index contributed by atoms with van der Waals surface area (Å²) < 4.78 is 4.55. The van der Waals surface area contributed by atoms with Crippen LogP contribution in [-0.2, 0) is 9.53 Å². The molecule has 0 radical (unpaired) electrons. The van der Waals surface area contributed by atoms with Gasteiger partial charge in [-0.25, -0.2) is 0 Å². The van der Waals surface area contributed by atoms with Crippen LogP contribution >= 0.6 is 0 Å². The number of carbonyl (C=O) groups is 1. The molecule has 1 aliphatic rings. The van der Waals surface area contributed by atoms with Crippen LogP contribution in [0.1, 0.15) is 33.6 Å². The van der Waals surface area contributed by atoms with Crippen molar-refractivity contribution in [1.82, 2.24) is 5.32 Å². The zero-order chi connectivity index (χ0) is 11.0. The van der Waals surface area contributed by atoms with Gasteiger partial charge in [-0.1, -0.05) is 12.2 Å². The fraction of sp³-hybridized carbons (Fsp3) is 0.727. The Kier molecular flexibility index (Phi) is 6.21. The van der Waals surface area contributed by atoms with Gasteiger partial charge in [0.15, 0.2) is 0 Å². The second kappa shape index (κ2) is 6.60. The highest BCUT2D eigenvalue weighted by atomic mass is 16.5. The van der Waals surface area contributed by atoms with E-state index in [2.05, 4.69) is 16.6 Å². The first kappa shape index (κ1) is 13.2. The monoisotopic (exact) mass is 199 g/mol. The van der Waals surface area contributed by atoms with Gasteiger partial charge in [0.2, 0.25) is 0 Å². The smallest absolute Gasteiger partial charge is 0.293 e. The van der Waals surface area contributed by atoms with E-state index in [9.17, 15) is 4.79 Å². The Morgan fingerprint density at radius 1 is 1.36 bits per heavy atom. The minimum absolute atomic E-state index is 0.318. The van der Waals surface area contributed by atoms with Gasteiger partial charge in [-0.2, -0.15) is 0 Å². The molecule has 0 amide bonds. The number of hydrogen-bond donors (Lipinski definition) is 1.